The molecule has 3 N–H and O–H groups in total. The van der Waals surface area contributed by atoms with E-state index in [1.807, 2.05) is 0 Å². The van der Waals surface area contributed by atoms with Crippen LogP contribution >= 0.6 is 11.6 Å². The van der Waals surface area contributed by atoms with Crippen LogP contribution in [-0.4, -0.2) is 14.3 Å². The summed E-state index contributed by atoms with van der Waals surface area (Å²) in [5.74, 6) is -0.724. The lowest BCUT2D eigenvalue weighted by atomic mass is 10.1. The third-order valence-electron chi connectivity index (χ3n) is 3.87. The molecule has 0 aromatic heterocycles. The Bertz CT molecular complexity index is 1170. The third kappa shape index (κ3) is 5.54. The fourth-order valence-corrected chi connectivity index (χ4v) is 3.43. The Hall–Kier alpha value is -2.94. The van der Waals surface area contributed by atoms with E-state index in [1.165, 1.54) is 42.5 Å². The third-order valence-corrected chi connectivity index (χ3v) is 5.03. The van der Waals surface area contributed by atoms with Crippen molar-refractivity contribution in [3.63, 3.8) is 0 Å². The van der Waals surface area contributed by atoms with Crippen molar-refractivity contribution in [2.24, 2.45) is 5.14 Å². The largest absolute Gasteiger partial charge is 0.456 e. The molecule has 0 spiro atoms. The molecule has 150 valence electrons. The number of ether oxygens (including phenoxy) is 1. The van der Waals surface area contributed by atoms with Crippen molar-refractivity contribution in [2.75, 3.05) is 5.32 Å². The number of carbonyl (C=O) groups excluding carboxylic acids is 1. The topological polar surface area (TPSA) is 98.5 Å². The second-order valence-corrected chi connectivity index (χ2v) is 8.05. The smallest absolute Gasteiger partial charge is 0.241 e. The van der Waals surface area contributed by atoms with E-state index >= 15 is 0 Å². The number of carbonyl (C=O) groups is 1. The van der Waals surface area contributed by atoms with Gasteiger partial charge in [-0.1, -0.05) is 35.9 Å². The number of primary sulfonamides is 1. The number of hydrogen-bond acceptors (Lipinski definition) is 4. The van der Waals surface area contributed by atoms with Crippen LogP contribution in [0.1, 0.15) is 5.56 Å². The molecule has 3 aromatic carbocycles. The van der Waals surface area contributed by atoms with E-state index in [9.17, 15) is 17.6 Å². The van der Waals surface area contributed by atoms with Gasteiger partial charge in [0.1, 0.15) is 22.2 Å². The molecule has 0 fully saturated rings. The van der Waals surface area contributed by atoms with Crippen molar-refractivity contribution in [1.29, 1.82) is 0 Å². The second-order valence-electron chi connectivity index (χ2n) is 6.08. The fraction of sp³-hybridized carbons (Fsp3) is 0.0500. The summed E-state index contributed by atoms with van der Waals surface area (Å²) in [6.45, 7) is 0. The Morgan fingerprint density at radius 1 is 1.07 bits per heavy atom. The molecule has 0 atom stereocenters. The molecule has 0 aliphatic heterocycles. The average molecular weight is 435 g/mol. The van der Waals surface area contributed by atoms with Crippen LogP contribution in [0.15, 0.2) is 71.6 Å². The molecule has 0 saturated carbocycles. The van der Waals surface area contributed by atoms with Gasteiger partial charge in [-0.25, -0.2) is 17.9 Å². The number of hydrogen-bond donors (Lipinski definition) is 2. The molecular formula is C20H16ClFN2O4S. The first-order chi connectivity index (χ1) is 13.7. The minimum absolute atomic E-state index is 0.0260. The highest BCUT2D eigenvalue weighted by Gasteiger charge is 2.18. The minimum atomic E-state index is -4.16. The van der Waals surface area contributed by atoms with Gasteiger partial charge in [-0.05, 0) is 48.0 Å². The van der Waals surface area contributed by atoms with Crippen molar-refractivity contribution in [3.05, 3.63) is 83.1 Å². The monoisotopic (exact) mass is 434 g/mol. The van der Waals surface area contributed by atoms with Crippen LogP contribution in [0.4, 0.5) is 10.1 Å². The summed E-state index contributed by atoms with van der Waals surface area (Å²) in [5, 5.41) is 8.23. The van der Waals surface area contributed by atoms with E-state index < -0.39 is 21.7 Å². The lowest BCUT2D eigenvalue weighted by Crippen LogP contribution is -2.17. The van der Waals surface area contributed by atoms with Crippen molar-refractivity contribution in [3.8, 4) is 11.5 Å². The molecule has 3 aromatic rings. The van der Waals surface area contributed by atoms with Crippen molar-refractivity contribution in [1.82, 2.24) is 0 Å². The number of amides is 1. The lowest BCUT2D eigenvalue weighted by molar-refractivity contribution is -0.115. The first kappa shape index (κ1) is 20.8. The maximum Gasteiger partial charge on any atom is 0.241 e. The van der Waals surface area contributed by atoms with Gasteiger partial charge < -0.3 is 10.1 Å². The highest BCUT2D eigenvalue weighted by atomic mass is 35.5. The van der Waals surface area contributed by atoms with Gasteiger partial charge in [-0.3, -0.25) is 4.79 Å². The van der Waals surface area contributed by atoms with Crippen LogP contribution < -0.4 is 15.2 Å². The van der Waals surface area contributed by atoms with Crippen molar-refractivity contribution < 1.29 is 22.3 Å². The van der Waals surface area contributed by atoms with E-state index in [4.69, 9.17) is 21.5 Å². The summed E-state index contributed by atoms with van der Waals surface area (Å²) < 4.78 is 43.3. The average Bonchev–Trinajstić information content (AvgIpc) is 2.64. The van der Waals surface area contributed by atoms with Gasteiger partial charge in [-0.15, -0.1) is 0 Å². The Labute approximate surface area is 172 Å². The minimum Gasteiger partial charge on any atom is -0.456 e. The van der Waals surface area contributed by atoms with Crippen LogP contribution in [0.2, 0.25) is 5.02 Å². The van der Waals surface area contributed by atoms with Gasteiger partial charge in [0.15, 0.2) is 0 Å². The first-order valence-electron chi connectivity index (χ1n) is 8.36. The Kier molecular flexibility index (Phi) is 6.17. The number of anilines is 1. The number of nitrogens with one attached hydrogen (secondary N) is 1. The molecule has 29 heavy (non-hydrogen) atoms. The molecule has 0 heterocycles. The number of halogens is 2. The SMILES string of the molecule is NS(=O)(=O)c1cc(NC(=O)Cc2ccccc2F)ccc1Oc1cccc(Cl)c1. The number of rotatable bonds is 6. The molecule has 9 heteroatoms. The van der Waals surface area contributed by atoms with Crippen LogP contribution in [0.5, 0.6) is 11.5 Å². The van der Waals surface area contributed by atoms with Gasteiger partial charge in [0, 0.05) is 10.7 Å². The Balaban J connectivity index is 1.84. The van der Waals surface area contributed by atoms with Gasteiger partial charge in [0.25, 0.3) is 0 Å². The maximum absolute atomic E-state index is 13.7. The summed E-state index contributed by atoms with van der Waals surface area (Å²) in [5.41, 5.74) is 0.395. The zero-order valence-corrected chi connectivity index (χ0v) is 16.5. The normalized spacial score (nSPS) is 11.1. The van der Waals surface area contributed by atoms with Crippen molar-refractivity contribution >= 4 is 33.2 Å². The van der Waals surface area contributed by atoms with E-state index in [0.717, 1.165) is 0 Å². The van der Waals surface area contributed by atoms with Gasteiger partial charge in [0.05, 0.1) is 6.42 Å². The lowest BCUT2D eigenvalue weighted by Gasteiger charge is -2.13. The molecule has 0 radical (unpaired) electrons. The highest BCUT2D eigenvalue weighted by Crippen LogP contribution is 2.31. The predicted octanol–water partition coefficient (Wildman–Crippen LogP) is 4.10. The fourth-order valence-electron chi connectivity index (χ4n) is 2.57. The van der Waals surface area contributed by atoms with Crippen LogP contribution in [-0.2, 0) is 21.2 Å². The van der Waals surface area contributed by atoms with Gasteiger partial charge >= 0.3 is 0 Å². The zero-order valence-electron chi connectivity index (χ0n) is 14.9. The van der Waals surface area contributed by atoms with E-state index in [0.29, 0.717) is 10.8 Å². The van der Waals surface area contributed by atoms with E-state index in [-0.39, 0.29) is 28.3 Å². The van der Waals surface area contributed by atoms with Gasteiger partial charge in [-0.2, -0.15) is 0 Å². The summed E-state index contributed by atoms with van der Waals surface area (Å²) in [4.78, 5) is 11.9. The Morgan fingerprint density at radius 2 is 1.83 bits per heavy atom. The summed E-state index contributed by atoms with van der Waals surface area (Å²) in [6.07, 6.45) is -0.210. The maximum atomic E-state index is 13.7. The number of sulfonamides is 1. The van der Waals surface area contributed by atoms with E-state index in [1.54, 1.807) is 24.3 Å². The summed E-state index contributed by atoms with van der Waals surface area (Å²) >= 11 is 5.90. The van der Waals surface area contributed by atoms with Crippen LogP contribution in [0.3, 0.4) is 0 Å². The molecule has 1 amide bonds. The standard InChI is InChI=1S/C20H16ClFN2O4S/c21-14-5-3-6-16(11-14)28-18-9-8-15(12-19(18)29(23,26)27)24-20(25)10-13-4-1-2-7-17(13)22/h1-9,11-12H,10H2,(H,24,25)(H2,23,26,27). The second kappa shape index (κ2) is 8.60. The number of nitrogens with two attached hydrogens (primary N) is 1. The summed E-state index contributed by atoms with van der Waals surface area (Å²) in [7, 11) is -4.16. The molecule has 0 bridgehead atoms. The van der Waals surface area contributed by atoms with Crippen LogP contribution in [0, 0.1) is 5.82 Å². The molecule has 0 aliphatic rings. The van der Waals surface area contributed by atoms with E-state index in [2.05, 4.69) is 5.32 Å². The first-order valence-corrected chi connectivity index (χ1v) is 10.3. The molecule has 3 rings (SSSR count). The molecular weight excluding hydrogens is 419 g/mol. The molecule has 0 saturated heterocycles. The zero-order chi connectivity index (χ0) is 21.0. The highest BCUT2D eigenvalue weighted by molar-refractivity contribution is 7.89. The Morgan fingerprint density at radius 3 is 2.52 bits per heavy atom. The molecule has 6 nitrogen and oxygen atoms in total. The predicted molar refractivity (Wildman–Crippen MR) is 108 cm³/mol. The summed E-state index contributed by atoms with van der Waals surface area (Å²) in [6, 6.07) is 16.3. The quantitative estimate of drug-likeness (QED) is 0.610. The van der Waals surface area contributed by atoms with Crippen molar-refractivity contribution in [2.45, 2.75) is 11.3 Å². The molecule has 0 unspecified atom stereocenters. The molecule has 0 aliphatic carbocycles. The number of benzene rings is 3. The van der Waals surface area contributed by atoms with Crippen LogP contribution in [0.25, 0.3) is 0 Å². The van der Waals surface area contributed by atoms with Gasteiger partial charge in [0.2, 0.25) is 15.9 Å².